The molecule has 0 aliphatic rings. The molecule has 6 nitrogen and oxygen atoms in total. The van der Waals surface area contributed by atoms with E-state index in [1.165, 1.54) is 25.1 Å². The first-order valence-corrected chi connectivity index (χ1v) is 4.58. The zero-order chi connectivity index (χ0) is 12.3. The quantitative estimate of drug-likeness (QED) is 0.591. The Bertz CT molecular complexity index is 417. The first-order valence-electron chi connectivity index (χ1n) is 4.58. The summed E-state index contributed by atoms with van der Waals surface area (Å²) in [5.41, 5.74) is 0.297. The number of nitro benzene ring substituents is 1. The van der Waals surface area contributed by atoms with Crippen molar-refractivity contribution >= 4 is 11.7 Å². The van der Waals surface area contributed by atoms with E-state index in [1.807, 2.05) is 0 Å². The minimum atomic E-state index is -1.57. The highest BCUT2D eigenvalue weighted by molar-refractivity contribution is 5.73. The third-order valence-corrected chi connectivity index (χ3v) is 2.33. The van der Waals surface area contributed by atoms with Crippen molar-refractivity contribution in [1.82, 2.24) is 0 Å². The molecular formula is C10H11NO5. The van der Waals surface area contributed by atoms with Crippen LogP contribution in [0.2, 0.25) is 0 Å². The predicted molar refractivity (Wildman–Crippen MR) is 55.2 cm³/mol. The maximum atomic E-state index is 10.5. The maximum absolute atomic E-state index is 10.5. The molecule has 0 bridgehead atoms. The largest absolute Gasteiger partial charge is 0.479 e. The number of rotatable bonds is 4. The van der Waals surface area contributed by atoms with Gasteiger partial charge < -0.3 is 10.2 Å². The molecule has 0 fully saturated rings. The Balaban J connectivity index is 3.00. The maximum Gasteiger partial charge on any atom is 0.333 e. The van der Waals surface area contributed by atoms with Crippen LogP contribution in [-0.2, 0) is 4.79 Å². The lowest BCUT2D eigenvalue weighted by Crippen LogP contribution is -2.25. The molecule has 0 heterocycles. The zero-order valence-corrected chi connectivity index (χ0v) is 8.53. The Morgan fingerprint density at radius 2 is 2.12 bits per heavy atom. The molecule has 2 atom stereocenters. The summed E-state index contributed by atoms with van der Waals surface area (Å²) in [4.78, 5) is 20.5. The van der Waals surface area contributed by atoms with E-state index >= 15 is 0 Å². The lowest BCUT2D eigenvalue weighted by Gasteiger charge is -2.14. The van der Waals surface area contributed by atoms with E-state index in [0.717, 1.165) is 0 Å². The van der Waals surface area contributed by atoms with Crippen LogP contribution < -0.4 is 0 Å². The summed E-state index contributed by atoms with van der Waals surface area (Å²) in [7, 11) is 0. The number of carboxylic acids is 1. The van der Waals surface area contributed by atoms with Gasteiger partial charge in [-0.25, -0.2) is 4.79 Å². The van der Waals surface area contributed by atoms with E-state index in [2.05, 4.69) is 0 Å². The summed E-state index contributed by atoms with van der Waals surface area (Å²) in [5, 5.41) is 28.4. The molecule has 0 saturated heterocycles. The number of nitro groups is 1. The summed E-state index contributed by atoms with van der Waals surface area (Å²) in [6.45, 7) is 1.50. The Hall–Kier alpha value is -1.95. The minimum absolute atomic E-state index is 0.123. The van der Waals surface area contributed by atoms with E-state index < -0.39 is 22.9 Å². The number of aliphatic hydroxyl groups excluding tert-OH is 1. The number of aliphatic carboxylic acids is 1. The van der Waals surface area contributed by atoms with Crippen molar-refractivity contribution in [3.05, 3.63) is 39.9 Å². The lowest BCUT2D eigenvalue weighted by molar-refractivity contribution is -0.384. The molecule has 0 radical (unpaired) electrons. The summed E-state index contributed by atoms with van der Waals surface area (Å²) in [5.74, 6) is -2.04. The molecule has 86 valence electrons. The highest BCUT2D eigenvalue weighted by atomic mass is 16.6. The fraction of sp³-hybridized carbons (Fsp3) is 0.300. The standard InChI is InChI=1S/C10H11NO5/c1-6(9(12)10(13)14)7-3-2-4-8(5-7)11(15)16/h2-6,9,12H,1H3,(H,13,14). The summed E-state index contributed by atoms with van der Waals surface area (Å²) < 4.78 is 0. The van der Waals surface area contributed by atoms with Crippen molar-refractivity contribution in [2.24, 2.45) is 0 Å². The first kappa shape index (κ1) is 12.1. The number of non-ortho nitro benzene ring substituents is 1. The topological polar surface area (TPSA) is 101 Å². The van der Waals surface area contributed by atoms with Gasteiger partial charge in [-0.3, -0.25) is 10.1 Å². The Morgan fingerprint density at radius 1 is 1.50 bits per heavy atom. The smallest absolute Gasteiger partial charge is 0.333 e. The van der Waals surface area contributed by atoms with Gasteiger partial charge in [0.15, 0.2) is 6.10 Å². The molecule has 2 unspecified atom stereocenters. The summed E-state index contributed by atoms with van der Waals surface area (Å²) in [6, 6.07) is 5.57. The van der Waals surface area contributed by atoms with Gasteiger partial charge in [0.2, 0.25) is 0 Å². The Kier molecular flexibility index (Phi) is 3.57. The third kappa shape index (κ3) is 2.54. The summed E-state index contributed by atoms with van der Waals surface area (Å²) >= 11 is 0. The molecule has 0 spiro atoms. The second kappa shape index (κ2) is 4.71. The van der Waals surface area contributed by atoms with Crippen molar-refractivity contribution in [1.29, 1.82) is 0 Å². The predicted octanol–water partition coefficient (Wildman–Crippen LogP) is 1.14. The molecule has 2 N–H and O–H groups in total. The average molecular weight is 225 g/mol. The van der Waals surface area contributed by atoms with E-state index in [-0.39, 0.29) is 5.69 Å². The molecule has 0 aliphatic heterocycles. The van der Waals surface area contributed by atoms with Gasteiger partial charge in [0.05, 0.1) is 4.92 Å². The van der Waals surface area contributed by atoms with Crippen molar-refractivity contribution in [2.45, 2.75) is 18.9 Å². The molecule has 16 heavy (non-hydrogen) atoms. The van der Waals surface area contributed by atoms with E-state index in [1.54, 1.807) is 6.07 Å². The fourth-order valence-electron chi connectivity index (χ4n) is 1.32. The molecule has 1 aromatic carbocycles. The number of hydrogen-bond donors (Lipinski definition) is 2. The van der Waals surface area contributed by atoms with Crippen molar-refractivity contribution in [2.75, 3.05) is 0 Å². The number of carbonyl (C=O) groups is 1. The van der Waals surface area contributed by atoms with Crippen molar-refractivity contribution in [3.63, 3.8) is 0 Å². The number of benzene rings is 1. The van der Waals surface area contributed by atoms with Gasteiger partial charge in [-0.1, -0.05) is 19.1 Å². The molecular weight excluding hydrogens is 214 g/mol. The molecule has 6 heteroatoms. The van der Waals surface area contributed by atoms with E-state index in [9.17, 15) is 20.0 Å². The molecule has 1 aromatic rings. The second-order valence-electron chi connectivity index (χ2n) is 3.42. The summed E-state index contributed by atoms with van der Waals surface area (Å²) in [6.07, 6.45) is -1.57. The monoisotopic (exact) mass is 225 g/mol. The SMILES string of the molecule is CC(c1cccc([N+](=O)[O-])c1)C(O)C(=O)O. The number of hydrogen-bond acceptors (Lipinski definition) is 4. The minimum Gasteiger partial charge on any atom is -0.479 e. The van der Waals surface area contributed by atoms with Gasteiger partial charge in [0, 0.05) is 18.1 Å². The second-order valence-corrected chi connectivity index (χ2v) is 3.42. The lowest BCUT2D eigenvalue weighted by atomic mass is 9.95. The van der Waals surface area contributed by atoms with Gasteiger partial charge in [-0.2, -0.15) is 0 Å². The van der Waals surface area contributed by atoms with Gasteiger partial charge in [0.25, 0.3) is 5.69 Å². The number of nitrogens with zero attached hydrogens (tertiary/aromatic N) is 1. The van der Waals surface area contributed by atoms with Crippen LogP contribution in [0.5, 0.6) is 0 Å². The van der Waals surface area contributed by atoms with Crippen LogP contribution in [0.4, 0.5) is 5.69 Å². The normalized spacial score (nSPS) is 14.1. The fourth-order valence-corrected chi connectivity index (χ4v) is 1.32. The van der Waals surface area contributed by atoms with Crippen LogP contribution in [0.3, 0.4) is 0 Å². The van der Waals surface area contributed by atoms with Gasteiger partial charge in [-0.05, 0) is 5.56 Å². The molecule has 0 aromatic heterocycles. The van der Waals surface area contributed by atoms with Crippen molar-refractivity contribution in [3.8, 4) is 0 Å². The van der Waals surface area contributed by atoms with Gasteiger partial charge in [-0.15, -0.1) is 0 Å². The van der Waals surface area contributed by atoms with E-state index in [4.69, 9.17) is 5.11 Å². The molecule has 0 aliphatic carbocycles. The Morgan fingerprint density at radius 3 is 2.62 bits per heavy atom. The van der Waals surface area contributed by atoms with Crippen LogP contribution >= 0.6 is 0 Å². The van der Waals surface area contributed by atoms with Crippen LogP contribution in [0.15, 0.2) is 24.3 Å². The van der Waals surface area contributed by atoms with Gasteiger partial charge in [0.1, 0.15) is 0 Å². The van der Waals surface area contributed by atoms with Crippen LogP contribution in [-0.4, -0.2) is 27.2 Å². The van der Waals surface area contributed by atoms with Crippen LogP contribution in [0.1, 0.15) is 18.4 Å². The van der Waals surface area contributed by atoms with E-state index in [0.29, 0.717) is 5.56 Å². The van der Waals surface area contributed by atoms with Gasteiger partial charge >= 0.3 is 5.97 Å². The van der Waals surface area contributed by atoms with Crippen LogP contribution in [0, 0.1) is 10.1 Å². The Labute approximate surface area is 91.3 Å². The van der Waals surface area contributed by atoms with Crippen molar-refractivity contribution < 1.29 is 19.9 Å². The average Bonchev–Trinajstić information content (AvgIpc) is 2.27. The first-order chi connectivity index (χ1) is 7.43. The highest BCUT2D eigenvalue weighted by Gasteiger charge is 2.24. The number of aliphatic hydroxyl groups is 1. The number of carboxylic acid groups (broad SMARTS) is 1. The van der Waals surface area contributed by atoms with Crippen LogP contribution in [0.25, 0.3) is 0 Å². The molecule has 0 saturated carbocycles. The molecule has 0 amide bonds. The zero-order valence-electron chi connectivity index (χ0n) is 8.53. The molecule has 1 rings (SSSR count). The highest BCUT2D eigenvalue weighted by Crippen LogP contribution is 2.23. The third-order valence-electron chi connectivity index (χ3n) is 2.33.